The van der Waals surface area contributed by atoms with E-state index in [1.54, 1.807) is 0 Å². The summed E-state index contributed by atoms with van der Waals surface area (Å²) in [5.74, 6) is 0. The van der Waals surface area contributed by atoms with Crippen molar-refractivity contribution < 1.29 is 9.84 Å². The molecule has 2 rings (SSSR count). The van der Waals surface area contributed by atoms with Crippen LogP contribution >= 0.6 is 0 Å². The summed E-state index contributed by atoms with van der Waals surface area (Å²) in [5.41, 5.74) is 7.73. The van der Waals surface area contributed by atoms with Crippen molar-refractivity contribution in [3.63, 3.8) is 0 Å². The van der Waals surface area contributed by atoms with E-state index >= 15 is 0 Å². The maximum atomic E-state index is 9.26. The average Bonchev–Trinajstić information content (AvgIpc) is 2.38. The van der Waals surface area contributed by atoms with E-state index < -0.39 is 0 Å². The van der Waals surface area contributed by atoms with Crippen LogP contribution in [0.5, 0.6) is 0 Å². The van der Waals surface area contributed by atoms with Gasteiger partial charge in [0, 0.05) is 18.8 Å². The summed E-state index contributed by atoms with van der Waals surface area (Å²) < 4.78 is 5.35. The van der Waals surface area contributed by atoms with Gasteiger partial charge in [-0.1, -0.05) is 12.1 Å². The van der Waals surface area contributed by atoms with Gasteiger partial charge in [0.15, 0.2) is 0 Å². The summed E-state index contributed by atoms with van der Waals surface area (Å²) in [7, 11) is 0. The summed E-state index contributed by atoms with van der Waals surface area (Å²) in [5, 5.41) is 9.26. The molecule has 1 aliphatic rings. The van der Waals surface area contributed by atoms with Gasteiger partial charge in [0.05, 0.1) is 25.9 Å². The van der Waals surface area contributed by atoms with Gasteiger partial charge in [0.25, 0.3) is 0 Å². The first-order chi connectivity index (χ1) is 8.29. The lowest BCUT2D eigenvalue weighted by Gasteiger charge is -2.34. The van der Waals surface area contributed by atoms with Crippen LogP contribution in [0.4, 0.5) is 5.69 Å². The molecular formula is C13H20N2O2. The Morgan fingerprint density at radius 1 is 1.35 bits per heavy atom. The summed E-state index contributed by atoms with van der Waals surface area (Å²) in [6.07, 6.45) is 0.983. The number of hydrogen-bond donors (Lipinski definition) is 2. The average molecular weight is 236 g/mol. The molecular weight excluding hydrogens is 216 g/mol. The number of hydrogen-bond acceptors (Lipinski definition) is 4. The second kappa shape index (κ2) is 6.00. The van der Waals surface area contributed by atoms with E-state index in [0.29, 0.717) is 6.61 Å². The van der Waals surface area contributed by atoms with Gasteiger partial charge < -0.3 is 15.6 Å². The molecule has 1 aromatic carbocycles. The van der Waals surface area contributed by atoms with Crippen LogP contribution in [-0.4, -0.2) is 49.0 Å². The minimum Gasteiger partial charge on any atom is -0.399 e. The monoisotopic (exact) mass is 236 g/mol. The minimum absolute atomic E-state index is 0.150. The Hall–Kier alpha value is -1.10. The van der Waals surface area contributed by atoms with E-state index in [1.807, 2.05) is 12.1 Å². The van der Waals surface area contributed by atoms with Crippen LogP contribution in [-0.2, 0) is 11.2 Å². The van der Waals surface area contributed by atoms with Crippen LogP contribution in [0.2, 0.25) is 0 Å². The molecule has 1 aliphatic heterocycles. The first-order valence-corrected chi connectivity index (χ1v) is 6.06. The molecule has 0 radical (unpaired) electrons. The predicted molar refractivity (Wildman–Crippen MR) is 67.8 cm³/mol. The second-order valence-corrected chi connectivity index (χ2v) is 4.44. The molecule has 17 heavy (non-hydrogen) atoms. The maximum Gasteiger partial charge on any atom is 0.0644 e. The normalized spacial score (nSPS) is 21.6. The zero-order valence-corrected chi connectivity index (χ0v) is 10.0. The molecule has 1 atom stereocenters. The van der Waals surface area contributed by atoms with Crippen molar-refractivity contribution in [2.75, 3.05) is 38.6 Å². The Labute approximate surface area is 102 Å². The molecule has 0 aliphatic carbocycles. The molecule has 0 bridgehead atoms. The van der Waals surface area contributed by atoms with Crippen molar-refractivity contribution in [2.24, 2.45) is 0 Å². The number of nitrogens with two attached hydrogens (primary N) is 1. The van der Waals surface area contributed by atoms with Gasteiger partial charge in [-0.15, -0.1) is 0 Å². The molecule has 94 valence electrons. The van der Waals surface area contributed by atoms with Crippen molar-refractivity contribution in [1.29, 1.82) is 0 Å². The molecule has 0 amide bonds. The number of nitrogens with zero attached hydrogens (tertiary/aromatic N) is 1. The molecule has 1 heterocycles. The van der Waals surface area contributed by atoms with E-state index in [9.17, 15) is 5.11 Å². The highest BCUT2D eigenvalue weighted by Gasteiger charge is 2.21. The molecule has 3 N–H and O–H groups in total. The molecule has 1 unspecified atom stereocenters. The molecule has 4 nitrogen and oxygen atoms in total. The molecule has 1 fully saturated rings. The summed E-state index contributed by atoms with van der Waals surface area (Å²) >= 11 is 0. The Kier molecular flexibility index (Phi) is 4.36. The quantitative estimate of drug-likeness (QED) is 0.748. The minimum atomic E-state index is 0.150. The Morgan fingerprint density at radius 2 is 2.12 bits per heavy atom. The van der Waals surface area contributed by atoms with Gasteiger partial charge in [0.1, 0.15) is 0 Å². The second-order valence-electron chi connectivity index (χ2n) is 4.44. The van der Waals surface area contributed by atoms with Crippen molar-refractivity contribution in [3.8, 4) is 0 Å². The number of anilines is 1. The fraction of sp³-hybridized carbons (Fsp3) is 0.538. The number of morpholine rings is 1. The fourth-order valence-corrected chi connectivity index (χ4v) is 2.11. The largest absolute Gasteiger partial charge is 0.399 e. The molecule has 1 aromatic rings. The van der Waals surface area contributed by atoms with E-state index in [1.165, 1.54) is 5.56 Å². The molecule has 0 aromatic heterocycles. The molecule has 4 heteroatoms. The lowest BCUT2D eigenvalue weighted by molar-refractivity contribution is -0.0267. The van der Waals surface area contributed by atoms with Crippen LogP contribution in [0.3, 0.4) is 0 Å². The fourth-order valence-electron chi connectivity index (χ4n) is 2.11. The van der Waals surface area contributed by atoms with Crippen molar-refractivity contribution >= 4 is 5.69 Å². The number of benzene rings is 1. The Balaban J connectivity index is 1.86. The smallest absolute Gasteiger partial charge is 0.0644 e. The topological polar surface area (TPSA) is 58.7 Å². The summed E-state index contributed by atoms with van der Waals surface area (Å²) in [6.45, 7) is 3.43. The third-order valence-electron chi connectivity index (χ3n) is 3.23. The third-order valence-corrected chi connectivity index (χ3v) is 3.23. The van der Waals surface area contributed by atoms with Crippen molar-refractivity contribution in [3.05, 3.63) is 29.8 Å². The van der Waals surface area contributed by atoms with Gasteiger partial charge in [-0.3, -0.25) is 4.90 Å². The predicted octanol–water partition coefficient (Wildman–Crippen LogP) is 0.504. The van der Waals surface area contributed by atoms with E-state index in [4.69, 9.17) is 10.5 Å². The zero-order chi connectivity index (χ0) is 12.1. The number of nitrogen functional groups attached to an aromatic ring is 1. The van der Waals surface area contributed by atoms with Crippen LogP contribution in [0, 0.1) is 0 Å². The summed E-state index contributed by atoms with van der Waals surface area (Å²) in [6, 6.07) is 8.13. The van der Waals surface area contributed by atoms with Crippen LogP contribution < -0.4 is 5.73 Å². The summed E-state index contributed by atoms with van der Waals surface area (Å²) in [4.78, 5) is 2.29. The van der Waals surface area contributed by atoms with Gasteiger partial charge in [-0.25, -0.2) is 0 Å². The number of aliphatic hydroxyl groups is 1. The molecule has 0 spiro atoms. The van der Waals surface area contributed by atoms with Crippen LogP contribution in [0.15, 0.2) is 24.3 Å². The van der Waals surface area contributed by atoms with E-state index in [-0.39, 0.29) is 12.6 Å². The van der Waals surface area contributed by atoms with Crippen LogP contribution in [0.1, 0.15) is 5.56 Å². The SMILES string of the molecule is Nc1ccc(CCN2CCOCC2CO)cc1. The molecule has 1 saturated heterocycles. The zero-order valence-electron chi connectivity index (χ0n) is 10.0. The van der Waals surface area contributed by atoms with Gasteiger partial charge in [-0.05, 0) is 24.1 Å². The lowest BCUT2D eigenvalue weighted by atomic mass is 10.1. The number of aliphatic hydroxyl groups excluding tert-OH is 1. The Morgan fingerprint density at radius 3 is 2.82 bits per heavy atom. The standard InChI is InChI=1S/C13H20N2O2/c14-12-3-1-11(2-4-12)5-6-15-7-8-17-10-13(15)9-16/h1-4,13,16H,5-10,14H2. The molecule has 0 saturated carbocycles. The lowest BCUT2D eigenvalue weighted by Crippen LogP contribution is -2.48. The van der Waals surface area contributed by atoms with Crippen LogP contribution in [0.25, 0.3) is 0 Å². The van der Waals surface area contributed by atoms with Gasteiger partial charge in [-0.2, -0.15) is 0 Å². The van der Waals surface area contributed by atoms with Gasteiger partial charge in [0.2, 0.25) is 0 Å². The number of rotatable bonds is 4. The van der Waals surface area contributed by atoms with Crippen molar-refractivity contribution in [2.45, 2.75) is 12.5 Å². The third kappa shape index (κ3) is 3.43. The first-order valence-electron chi connectivity index (χ1n) is 6.06. The highest BCUT2D eigenvalue weighted by Crippen LogP contribution is 2.10. The van der Waals surface area contributed by atoms with E-state index in [0.717, 1.165) is 31.8 Å². The maximum absolute atomic E-state index is 9.26. The highest BCUT2D eigenvalue weighted by atomic mass is 16.5. The van der Waals surface area contributed by atoms with E-state index in [2.05, 4.69) is 17.0 Å². The van der Waals surface area contributed by atoms with Gasteiger partial charge >= 0.3 is 0 Å². The highest BCUT2D eigenvalue weighted by molar-refractivity contribution is 5.39. The Bertz CT molecular complexity index is 340. The first kappa shape index (κ1) is 12.4. The van der Waals surface area contributed by atoms with Crippen molar-refractivity contribution in [1.82, 2.24) is 4.90 Å². The number of ether oxygens (including phenoxy) is 1.